The molecule has 48 valence electrons. The fourth-order valence-electron chi connectivity index (χ4n) is 1.87. The second-order valence-corrected chi connectivity index (χ2v) is 3.17. The van der Waals surface area contributed by atoms with E-state index < -0.39 is 0 Å². The molecule has 1 saturated heterocycles. The van der Waals surface area contributed by atoms with Crippen LogP contribution >= 0.6 is 0 Å². The van der Waals surface area contributed by atoms with E-state index in [-0.39, 0.29) is 6.04 Å². The molecule has 2 rings (SSSR count). The van der Waals surface area contributed by atoms with Gasteiger partial charge in [-0.1, -0.05) is 0 Å². The molecule has 1 heterocycles. The zero-order valence-corrected chi connectivity index (χ0v) is 5.54. The molecule has 0 N–H and O–H groups in total. The first-order chi connectivity index (χ1) is 4.33. The Hall–Kier alpha value is -0.550. The molecule has 1 aliphatic heterocycles. The molecule has 0 aromatic rings. The van der Waals surface area contributed by atoms with E-state index in [2.05, 4.69) is 11.0 Å². The highest BCUT2D eigenvalue weighted by Gasteiger charge is 2.51. The highest BCUT2D eigenvalue weighted by Crippen LogP contribution is 2.48. The SMILES string of the molecule is CN1CC2CC2C1C#N. The number of hydrogen-bond acceptors (Lipinski definition) is 2. The standard InChI is InChI=1S/C7H10N2/c1-9-4-5-2-6(5)7(9)3-8/h5-7H,2,4H2,1H3. The van der Waals surface area contributed by atoms with Crippen molar-refractivity contribution in [3.8, 4) is 6.07 Å². The van der Waals surface area contributed by atoms with Crippen molar-refractivity contribution in [3.05, 3.63) is 0 Å². The summed E-state index contributed by atoms with van der Waals surface area (Å²) in [6.07, 6.45) is 1.31. The topological polar surface area (TPSA) is 27.0 Å². The molecule has 2 nitrogen and oxygen atoms in total. The van der Waals surface area contributed by atoms with Gasteiger partial charge in [0, 0.05) is 6.54 Å². The fraction of sp³-hybridized carbons (Fsp3) is 0.857. The summed E-state index contributed by atoms with van der Waals surface area (Å²) in [6.45, 7) is 1.16. The maximum Gasteiger partial charge on any atom is 0.101 e. The van der Waals surface area contributed by atoms with E-state index in [1.807, 2.05) is 7.05 Å². The minimum atomic E-state index is 0.245. The first kappa shape index (κ1) is 5.25. The second-order valence-electron chi connectivity index (χ2n) is 3.17. The van der Waals surface area contributed by atoms with Gasteiger partial charge in [-0.15, -0.1) is 0 Å². The summed E-state index contributed by atoms with van der Waals surface area (Å²) in [5, 5.41) is 8.64. The molecule has 3 atom stereocenters. The zero-order chi connectivity index (χ0) is 6.43. The van der Waals surface area contributed by atoms with Crippen LogP contribution in [0.4, 0.5) is 0 Å². The van der Waals surface area contributed by atoms with Crippen molar-refractivity contribution in [2.24, 2.45) is 11.8 Å². The Kier molecular flexibility index (Phi) is 0.866. The monoisotopic (exact) mass is 122 g/mol. The van der Waals surface area contributed by atoms with Gasteiger partial charge in [-0.25, -0.2) is 0 Å². The van der Waals surface area contributed by atoms with E-state index in [0.29, 0.717) is 0 Å². The Labute approximate surface area is 55.1 Å². The Morgan fingerprint density at radius 3 is 2.78 bits per heavy atom. The average molecular weight is 122 g/mol. The van der Waals surface area contributed by atoms with Crippen molar-refractivity contribution in [3.63, 3.8) is 0 Å². The van der Waals surface area contributed by atoms with Crippen LogP contribution in [0.2, 0.25) is 0 Å². The van der Waals surface area contributed by atoms with E-state index in [1.165, 1.54) is 6.42 Å². The Morgan fingerprint density at radius 2 is 2.44 bits per heavy atom. The van der Waals surface area contributed by atoms with Gasteiger partial charge in [0.05, 0.1) is 6.07 Å². The first-order valence-electron chi connectivity index (χ1n) is 3.43. The van der Waals surface area contributed by atoms with Crippen molar-refractivity contribution in [2.75, 3.05) is 13.6 Å². The summed E-state index contributed by atoms with van der Waals surface area (Å²) >= 11 is 0. The summed E-state index contributed by atoms with van der Waals surface area (Å²) in [6, 6.07) is 2.58. The molecule has 1 saturated carbocycles. The van der Waals surface area contributed by atoms with Crippen LogP contribution in [0.15, 0.2) is 0 Å². The minimum Gasteiger partial charge on any atom is -0.291 e. The van der Waals surface area contributed by atoms with Gasteiger partial charge >= 0.3 is 0 Å². The van der Waals surface area contributed by atoms with Crippen LogP contribution in [0.1, 0.15) is 6.42 Å². The van der Waals surface area contributed by atoms with Crippen molar-refractivity contribution in [1.29, 1.82) is 5.26 Å². The van der Waals surface area contributed by atoms with E-state index >= 15 is 0 Å². The summed E-state index contributed by atoms with van der Waals surface area (Å²) in [4.78, 5) is 2.17. The molecule has 0 aromatic carbocycles. The van der Waals surface area contributed by atoms with Gasteiger partial charge < -0.3 is 0 Å². The number of piperidine rings is 1. The van der Waals surface area contributed by atoms with Gasteiger partial charge in [-0.2, -0.15) is 5.26 Å². The minimum absolute atomic E-state index is 0.245. The van der Waals surface area contributed by atoms with E-state index in [1.54, 1.807) is 0 Å². The van der Waals surface area contributed by atoms with Crippen LogP contribution in [0, 0.1) is 23.2 Å². The van der Waals surface area contributed by atoms with E-state index in [9.17, 15) is 0 Å². The predicted octanol–water partition coefficient (Wildman–Crippen LogP) is 0.460. The first-order valence-corrected chi connectivity index (χ1v) is 3.43. The van der Waals surface area contributed by atoms with Gasteiger partial charge in [-0.3, -0.25) is 4.90 Å². The molecule has 1 aliphatic carbocycles. The summed E-state index contributed by atoms with van der Waals surface area (Å²) in [5.41, 5.74) is 0. The lowest BCUT2D eigenvalue weighted by Crippen LogP contribution is -2.27. The Balaban J connectivity index is 2.13. The number of rotatable bonds is 0. The van der Waals surface area contributed by atoms with E-state index in [4.69, 9.17) is 5.26 Å². The predicted molar refractivity (Wildman–Crippen MR) is 33.6 cm³/mol. The molecule has 2 heteroatoms. The summed E-state index contributed by atoms with van der Waals surface area (Å²) in [5.74, 6) is 1.61. The van der Waals surface area contributed by atoms with Crippen molar-refractivity contribution in [1.82, 2.24) is 4.90 Å². The molecule has 2 aliphatic rings. The quantitative estimate of drug-likeness (QED) is 0.466. The highest BCUT2D eigenvalue weighted by atomic mass is 15.2. The van der Waals surface area contributed by atoms with Crippen LogP contribution < -0.4 is 0 Å². The molecule has 9 heavy (non-hydrogen) atoms. The maximum absolute atomic E-state index is 8.64. The maximum atomic E-state index is 8.64. The molecule has 0 spiro atoms. The second kappa shape index (κ2) is 1.48. The van der Waals surface area contributed by atoms with Crippen LogP contribution in [-0.4, -0.2) is 24.5 Å². The smallest absolute Gasteiger partial charge is 0.101 e. The van der Waals surface area contributed by atoms with Crippen LogP contribution in [0.25, 0.3) is 0 Å². The Bertz CT molecular complexity index is 168. The molecule has 0 radical (unpaired) electrons. The molecule has 0 amide bonds. The highest BCUT2D eigenvalue weighted by molar-refractivity contribution is 5.11. The third kappa shape index (κ3) is 0.585. The van der Waals surface area contributed by atoms with Crippen molar-refractivity contribution < 1.29 is 0 Å². The molecule has 2 fully saturated rings. The largest absolute Gasteiger partial charge is 0.291 e. The number of likely N-dealkylation sites (tertiary alicyclic amines) is 1. The van der Waals surface area contributed by atoms with Gasteiger partial charge in [-0.05, 0) is 25.3 Å². The number of fused-ring (bicyclic) bond motifs is 1. The molecule has 0 aromatic heterocycles. The zero-order valence-electron chi connectivity index (χ0n) is 5.54. The lowest BCUT2D eigenvalue weighted by Gasteiger charge is -2.14. The lowest BCUT2D eigenvalue weighted by atomic mass is 10.2. The third-order valence-corrected chi connectivity index (χ3v) is 2.51. The summed E-state index contributed by atoms with van der Waals surface area (Å²) in [7, 11) is 2.04. The van der Waals surface area contributed by atoms with E-state index in [0.717, 1.165) is 18.4 Å². The molecule has 3 unspecified atom stereocenters. The van der Waals surface area contributed by atoms with Crippen LogP contribution in [0.5, 0.6) is 0 Å². The number of nitrogens with zero attached hydrogens (tertiary/aromatic N) is 2. The van der Waals surface area contributed by atoms with Gasteiger partial charge in [0.25, 0.3) is 0 Å². The lowest BCUT2D eigenvalue weighted by molar-refractivity contribution is 0.319. The van der Waals surface area contributed by atoms with Crippen molar-refractivity contribution >= 4 is 0 Å². The third-order valence-electron chi connectivity index (χ3n) is 2.51. The summed E-state index contributed by atoms with van der Waals surface area (Å²) < 4.78 is 0. The average Bonchev–Trinajstić information content (AvgIpc) is 2.45. The number of hydrogen-bond donors (Lipinski definition) is 0. The fourth-order valence-corrected chi connectivity index (χ4v) is 1.87. The van der Waals surface area contributed by atoms with Crippen LogP contribution in [-0.2, 0) is 0 Å². The Morgan fingerprint density at radius 1 is 1.67 bits per heavy atom. The van der Waals surface area contributed by atoms with Gasteiger partial charge in [0.15, 0.2) is 0 Å². The van der Waals surface area contributed by atoms with Gasteiger partial charge in [0.1, 0.15) is 6.04 Å². The number of nitriles is 1. The normalized spacial score (nSPS) is 48.2. The molecule has 0 bridgehead atoms. The molecular formula is C7H10N2. The van der Waals surface area contributed by atoms with Gasteiger partial charge in [0.2, 0.25) is 0 Å². The van der Waals surface area contributed by atoms with Crippen molar-refractivity contribution in [2.45, 2.75) is 12.5 Å². The molecular weight excluding hydrogens is 112 g/mol. The van der Waals surface area contributed by atoms with Crippen LogP contribution in [0.3, 0.4) is 0 Å².